The number of carbonyl (C=O) groups excluding carboxylic acids is 1. The number of nitrogens with one attached hydrogen (secondary N) is 1. The maximum atomic E-state index is 12.9. The second-order valence-corrected chi connectivity index (χ2v) is 7.27. The zero-order valence-corrected chi connectivity index (χ0v) is 14.5. The van der Waals surface area contributed by atoms with E-state index in [0.29, 0.717) is 5.02 Å². The lowest BCUT2D eigenvalue weighted by molar-refractivity contribution is -0.119. The summed E-state index contributed by atoms with van der Waals surface area (Å²) in [5, 5.41) is 2.91. The first-order valence-corrected chi connectivity index (χ1v) is 8.79. The number of nitrogens with zero attached hydrogens (tertiary/aromatic N) is 1. The Labute approximate surface area is 144 Å². The summed E-state index contributed by atoms with van der Waals surface area (Å²) in [6.07, 6.45) is 0. The number of anilines is 1. The van der Waals surface area contributed by atoms with Gasteiger partial charge in [-0.25, -0.2) is 8.42 Å². The lowest BCUT2D eigenvalue weighted by atomic mass is 10.3. The van der Waals surface area contributed by atoms with E-state index < -0.39 is 15.9 Å². The van der Waals surface area contributed by atoms with Crippen LogP contribution in [0.5, 0.6) is 0 Å². The summed E-state index contributed by atoms with van der Waals surface area (Å²) >= 11 is 11.8. The zero-order valence-electron chi connectivity index (χ0n) is 12.2. The molecule has 0 saturated carbocycles. The molecule has 0 aliphatic carbocycles. The minimum absolute atomic E-state index is 0.0787. The van der Waals surface area contributed by atoms with E-state index in [0.717, 1.165) is 4.31 Å². The molecule has 1 amide bonds. The Hall–Kier alpha value is -1.76. The number of sulfonamides is 1. The maximum absolute atomic E-state index is 12.9. The second-order valence-electron chi connectivity index (χ2n) is 4.60. The van der Waals surface area contributed by atoms with Crippen molar-refractivity contribution in [3.8, 4) is 0 Å². The fourth-order valence-electron chi connectivity index (χ4n) is 1.88. The number of hydrogen-bond donors (Lipinski definition) is 1. The fraction of sp³-hybridized carbons (Fsp3) is 0.133. The Kier molecular flexibility index (Phi) is 5.51. The normalized spacial score (nSPS) is 11.1. The van der Waals surface area contributed by atoms with Gasteiger partial charge >= 0.3 is 0 Å². The molecule has 0 aliphatic rings. The van der Waals surface area contributed by atoms with Crippen molar-refractivity contribution < 1.29 is 13.2 Å². The molecule has 0 spiro atoms. The molecule has 2 aromatic carbocycles. The van der Waals surface area contributed by atoms with Crippen LogP contribution < -0.4 is 9.62 Å². The summed E-state index contributed by atoms with van der Waals surface area (Å²) in [5.41, 5.74) is 0.256. The maximum Gasteiger partial charge on any atom is 0.264 e. The topological polar surface area (TPSA) is 66.5 Å². The van der Waals surface area contributed by atoms with Gasteiger partial charge in [-0.1, -0.05) is 41.4 Å². The molecule has 0 fully saturated rings. The van der Waals surface area contributed by atoms with Crippen molar-refractivity contribution in [3.05, 3.63) is 58.6 Å². The van der Waals surface area contributed by atoms with Crippen molar-refractivity contribution in [1.82, 2.24) is 5.32 Å². The van der Waals surface area contributed by atoms with Gasteiger partial charge in [0.15, 0.2) is 0 Å². The number of amides is 1. The van der Waals surface area contributed by atoms with Gasteiger partial charge in [-0.05, 0) is 30.3 Å². The van der Waals surface area contributed by atoms with Crippen LogP contribution in [0, 0.1) is 0 Å². The van der Waals surface area contributed by atoms with Crippen LogP contribution in [0.2, 0.25) is 10.0 Å². The molecule has 0 aliphatic heterocycles. The van der Waals surface area contributed by atoms with E-state index in [1.54, 1.807) is 18.2 Å². The molecule has 0 atom stereocenters. The number of carbonyl (C=O) groups is 1. The Balaban J connectivity index is 2.54. The first-order chi connectivity index (χ1) is 10.9. The molecule has 0 bridgehead atoms. The molecular formula is C15H14Cl2N2O3S. The van der Waals surface area contributed by atoms with Gasteiger partial charge in [0.25, 0.3) is 10.0 Å². The number of rotatable bonds is 5. The molecule has 2 rings (SSSR count). The predicted molar refractivity (Wildman–Crippen MR) is 91.5 cm³/mol. The third-order valence-electron chi connectivity index (χ3n) is 3.09. The summed E-state index contributed by atoms with van der Waals surface area (Å²) in [7, 11) is -2.48. The molecule has 23 heavy (non-hydrogen) atoms. The highest BCUT2D eigenvalue weighted by Crippen LogP contribution is 2.30. The third kappa shape index (κ3) is 3.96. The van der Waals surface area contributed by atoms with Crippen LogP contribution in [0.25, 0.3) is 0 Å². The monoisotopic (exact) mass is 372 g/mol. The van der Waals surface area contributed by atoms with Crippen molar-refractivity contribution in [2.45, 2.75) is 4.90 Å². The van der Waals surface area contributed by atoms with Gasteiger partial charge in [0.05, 0.1) is 20.6 Å². The van der Waals surface area contributed by atoms with Gasteiger partial charge in [0, 0.05) is 7.05 Å². The Morgan fingerprint density at radius 3 is 2.30 bits per heavy atom. The van der Waals surface area contributed by atoms with Crippen LogP contribution in [0.4, 0.5) is 5.69 Å². The van der Waals surface area contributed by atoms with Gasteiger partial charge in [0.1, 0.15) is 6.54 Å². The van der Waals surface area contributed by atoms with E-state index >= 15 is 0 Å². The minimum atomic E-state index is -3.92. The SMILES string of the molecule is CNC(=O)CN(c1ccc(Cl)c(Cl)c1)S(=O)(=O)c1ccccc1. The third-order valence-corrected chi connectivity index (χ3v) is 5.62. The number of hydrogen-bond acceptors (Lipinski definition) is 3. The molecule has 0 heterocycles. The molecule has 5 nitrogen and oxygen atoms in total. The summed E-state index contributed by atoms with van der Waals surface area (Å²) in [5.74, 6) is -0.449. The molecule has 0 unspecified atom stereocenters. The zero-order chi connectivity index (χ0) is 17.0. The number of halogens is 2. The molecule has 0 radical (unpaired) electrons. The second kappa shape index (κ2) is 7.21. The van der Waals surface area contributed by atoms with Crippen LogP contribution in [-0.4, -0.2) is 27.9 Å². The average Bonchev–Trinajstić information content (AvgIpc) is 2.55. The molecular weight excluding hydrogens is 359 g/mol. The van der Waals surface area contributed by atoms with Crippen LogP contribution >= 0.6 is 23.2 Å². The van der Waals surface area contributed by atoms with E-state index in [4.69, 9.17) is 23.2 Å². The van der Waals surface area contributed by atoms with Crippen LogP contribution in [0.1, 0.15) is 0 Å². The summed E-state index contributed by atoms with van der Waals surface area (Å²) in [6, 6.07) is 12.2. The van der Waals surface area contributed by atoms with Gasteiger partial charge in [0.2, 0.25) is 5.91 Å². The van der Waals surface area contributed by atoms with Gasteiger partial charge in [-0.2, -0.15) is 0 Å². The van der Waals surface area contributed by atoms with E-state index in [1.807, 2.05) is 0 Å². The summed E-state index contributed by atoms with van der Waals surface area (Å²) < 4.78 is 26.7. The molecule has 122 valence electrons. The van der Waals surface area contributed by atoms with Gasteiger partial charge in [-0.15, -0.1) is 0 Å². The summed E-state index contributed by atoms with van der Waals surface area (Å²) in [4.78, 5) is 11.8. The van der Waals surface area contributed by atoms with Crippen LogP contribution in [-0.2, 0) is 14.8 Å². The highest BCUT2D eigenvalue weighted by Gasteiger charge is 2.27. The Bertz CT molecular complexity index is 811. The highest BCUT2D eigenvalue weighted by molar-refractivity contribution is 7.92. The predicted octanol–water partition coefficient (Wildman–Crippen LogP) is 2.93. The number of likely N-dealkylation sites (N-methyl/N-ethyl adjacent to an activating group) is 1. The Morgan fingerprint density at radius 1 is 1.09 bits per heavy atom. The smallest absolute Gasteiger partial charge is 0.264 e. The van der Waals surface area contributed by atoms with Gasteiger partial charge < -0.3 is 5.32 Å². The van der Waals surface area contributed by atoms with E-state index in [1.165, 1.54) is 37.4 Å². The lowest BCUT2D eigenvalue weighted by Crippen LogP contribution is -2.39. The quantitative estimate of drug-likeness (QED) is 0.877. The fourth-order valence-corrected chi connectivity index (χ4v) is 3.61. The van der Waals surface area contributed by atoms with Crippen molar-refractivity contribution in [3.63, 3.8) is 0 Å². The standard InChI is InChI=1S/C15H14Cl2N2O3S/c1-18-15(20)10-19(11-7-8-13(16)14(17)9-11)23(21,22)12-5-3-2-4-6-12/h2-9H,10H2,1H3,(H,18,20). The molecule has 2 aromatic rings. The van der Waals surface area contributed by atoms with E-state index in [2.05, 4.69) is 5.32 Å². The van der Waals surface area contributed by atoms with Crippen LogP contribution in [0.15, 0.2) is 53.4 Å². The van der Waals surface area contributed by atoms with E-state index in [9.17, 15) is 13.2 Å². The molecule has 1 N–H and O–H groups in total. The van der Waals surface area contributed by atoms with Crippen LogP contribution in [0.3, 0.4) is 0 Å². The van der Waals surface area contributed by atoms with Crippen molar-refractivity contribution in [2.75, 3.05) is 17.9 Å². The van der Waals surface area contributed by atoms with E-state index in [-0.39, 0.29) is 22.2 Å². The van der Waals surface area contributed by atoms with Gasteiger partial charge in [-0.3, -0.25) is 9.10 Å². The minimum Gasteiger partial charge on any atom is -0.358 e. The first-order valence-electron chi connectivity index (χ1n) is 6.59. The average molecular weight is 373 g/mol. The highest BCUT2D eigenvalue weighted by atomic mass is 35.5. The largest absolute Gasteiger partial charge is 0.358 e. The van der Waals surface area contributed by atoms with Crippen molar-refractivity contribution in [2.24, 2.45) is 0 Å². The molecule has 0 aromatic heterocycles. The first kappa shape index (κ1) is 17.6. The summed E-state index contributed by atoms with van der Waals surface area (Å²) in [6.45, 7) is -0.369. The lowest BCUT2D eigenvalue weighted by Gasteiger charge is -2.24. The molecule has 8 heteroatoms. The molecule has 0 saturated heterocycles. The Morgan fingerprint density at radius 2 is 1.74 bits per heavy atom. The van der Waals surface area contributed by atoms with Crippen molar-refractivity contribution in [1.29, 1.82) is 0 Å². The van der Waals surface area contributed by atoms with Crippen molar-refractivity contribution >= 4 is 44.8 Å². The number of benzene rings is 2.